The predicted molar refractivity (Wildman–Crippen MR) is 105 cm³/mol. The maximum Gasteiger partial charge on any atom is 0.246 e. The minimum atomic E-state index is -3.88. The normalized spacial score (nSPS) is 20.2. The van der Waals surface area contributed by atoms with E-state index in [0.717, 1.165) is 22.3 Å². The highest BCUT2D eigenvalue weighted by atomic mass is 32.2. The van der Waals surface area contributed by atoms with Gasteiger partial charge in [-0.1, -0.05) is 72.3 Å². The second-order valence-corrected chi connectivity index (χ2v) is 8.69. The third-order valence-electron chi connectivity index (χ3n) is 5.01. The number of rotatable bonds is 3. The lowest BCUT2D eigenvalue weighted by molar-refractivity contribution is 0.0374. The number of fused-ring (bicyclic) bond motifs is 1. The maximum absolute atomic E-state index is 13.5. The van der Waals surface area contributed by atoms with Crippen molar-refractivity contribution in [3.05, 3.63) is 101 Å². The van der Waals surface area contributed by atoms with Crippen LogP contribution in [0.15, 0.2) is 83.8 Å². The number of benzene rings is 3. The first-order valence-corrected chi connectivity index (χ1v) is 10.3. The van der Waals surface area contributed by atoms with E-state index in [1.165, 1.54) is 4.31 Å². The molecule has 27 heavy (non-hydrogen) atoms. The van der Waals surface area contributed by atoms with Crippen LogP contribution in [-0.2, 0) is 16.4 Å². The first kappa shape index (κ1) is 17.9. The van der Waals surface area contributed by atoms with Gasteiger partial charge in [0.15, 0.2) is 0 Å². The summed E-state index contributed by atoms with van der Waals surface area (Å²) in [5.41, 5.74) is 3.69. The van der Waals surface area contributed by atoms with Crippen molar-refractivity contribution < 1.29 is 13.5 Å². The molecule has 0 bridgehead atoms. The third-order valence-corrected chi connectivity index (χ3v) is 6.89. The van der Waals surface area contributed by atoms with Gasteiger partial charge in [-0.3, -0.25) is 0 Å². The van der Waals surface area contributed by atoms with E-state index < -0.39 is 22.3 Å². The molecule has 5 heteroatoms. The second kappa shape index (κ2) is 6.93. The summed E-state index contributed by atoms with van der Waals surface area (Å²) in [4.78, 5) is 0.187. The standard InChI is InChI=1S/C22H21NO3S/c1-16-11-13-19(14-12-16)27(25,26)23-21(24)15-18-9-5-6-10-20(18)22(23)17-7-3-2-4-8-17/h2-14,21-22,24H,15H2,1H3/t21?,22-/m0/s1. The average molecular weight is 379 g/mol. The number of aliphatic hydroxyl groups is 1. The minimum absolute atomic E-state index is 0.187. The molecule has 3 aromatic rings. The van der Waals surface area contributed by atoms with Crippen LogP contribution < -0.4 is 0 Å². The van der Waals surface area contributed by atoms with Gasteiger partial charge in [0.1, 0.15) is 6.23 Å². The Hall–Kier alpha value is -2.47. The Balaban J connectivity index is 1.91. The monoisotopic (exact) mass is 379 g/mol. The van der Waals surface area contributed by atoms with Crippen LogP contribution in [0.1, 0.15) is 28.3 Å². The topological polar surface area (TPSA) is 57.6 Å². The fourth-order valence-electron chi connectivity index (χ4n) is 3.68. The van der Waals surface area contributed by atoms with Gasteiger partial charge in [0.25, 0.3) is 0 Å². The highest BCUT2D eigenvalue weighted by molar-refractivity contribution is 7.89. The first-order chi connectivity index (χ1) is 13.0. The number of sulfonamides is 1. The Kier molecular flexibility index (Phi) is 4.60. The van der Waals surface area contributed by atoms with Crippen molar-refractivity contribution in [2.24, 2.45) is 0 Å². The highest BCUT2D eigenvalue weighted by Crippen LogP contribution is 2.40. The van der Waals surface area contributed by atoms with Gasteiger partial charge >= 0.3 is 0 Å². The summed E-state index contributed by atoms with van der Waals surface area (Å²) in [5, 5.41) is 10.8. The number of aliphatic hydroxyl groups excluding tert-OH is 1. The molecular formula is C22H21NO3S. The SMILES string of the molecule is Cc1ccc(S(=O)(=O)N2C(O)Cc3ccccc3[C@@H]2c2ccccc2)cc1. The van der Waals surface area contributed by atoms with E-state index >= 15 is 0 Å². The number of hydrogen-bond acceptors (Lipinski definition) is 3. The van der Waals surface area contributed by atoms with Crippen molar-refractivity contribution >= 4 is 10.0 Å². The molecule has 4 rings (SSSR count). The maximum atomic E-state index is 13.5. The van der Waals surface area contributed by atoms with Gasteiger partial charge in [0, 0.05) is 6.42 Å². The van der Waals surface area contributed by atoms with E-state index in [4.69, 9.17) is 0 Å². The van der Waals surface area contributed by atoms with Crippen molar-refractivity contribution in [2.45, 2.75) is 30.5 Å². The van der Waals surface area contributed by atoms with Crippen molar-refractivity contribution in [2.75, 3.05) is 0 Å². The van der Waals surface area contributed by atoms with E-state index in [-0.39, 0.29) is 11.3 Å². The summed E-state index contributed by atoms with van der Waals surface area (Å²) in [7, 11) is -3.88. The largest absolute Gasteiger partial charge is 0.377 e. The van der Waals surface area contributed by atoms with E-state index in [1.54, 1.807) is 24.3 Å². The van der Waals surface area contributed by atoms with Crippen molar-refractivity contribution in [1.82, 2.24) is 4.31 Å². The molecule has 0 fully saturated rings. The Bertz CT molecular complexity index is 1050. The predicted octanol–water partition coefficient (Wildman–Crippen LogP) is 3.65. The van der Waals surface area contributed by atoms with E-state index in [2.05, 4.69) is 0 Å². The zero-order valence-electron chi connectivity index (χ0n) is 15.0. The smallest absolute Gasteiger partial charge is 0.246 e. The molecule has 0 aliphatic carbocycles. The van der Waals surface area contributed by atoms with Gasteiger partial charge < -0.3 is 5.11 Å². The summed E-state index contributed by atoms with van der Waals surface area (Å²) in [6, 6.07) is 23.3. The highest BCUT2D eigenvalue weighted by Gasteiger charge is 2.42. The molecule has 0 saturated carbocycles. The van der Waals surface area contributed by atoms with Crippen molar-refractivity contribution in [3.8, 4) is 0 Å². The zero-order chi connectivity index (χ0) is 19.0. The molecule has 4 nitrogen and oxygen atoms in total. The van der Waals surface area contributed by atoms with Gasteiger partial charge in [-0.05, 0) is 35.7 Å². The molecule has 1 aliphatic rings. The molecule has 1 aliphatic heterocycles. The van der Waals surface area contributed by atoms with E-state index in [0.29, 0.717) is 0 Å². The summed E-state index contributed by atoms with van der Waals surface area (Å²) in [6.07, 6.45) is -0.860. The average Bonchev–Trinajstić information content (AvgIpc) is 2.67. The molecule has 0 radical (unpaired) electrons. The summed E-state index contributed by atoms with van der Waals surface area (Å²) >= 11 is 0. The van der Waals surface area contributed by atoms with Gasteiger partial charge in [0.2, 0.25) is 10.0 Å². The quantitative estimate of drug-likeness (QED) is 0.756. The Morgan fingerprint density at radius 3 is 2.22 bits per heavy atom. The zero-order valence-corrected chi connectivity index (χ0v) is 15.8. The lowest BCUT2D eigenvalue weighted by atomic mass is 9.89. The number of hydrogen-bond donors (Lipinski definition) is 1. The Morgan fingerprint density at radius 1 is 0.889 bits per heavy atom. The van der Waals surface area contributed by atoms with Gasteiger partial charge in [0.05, 0.1) is 10.9 Å². The van der Waals surface area contributed by atoms with Crippen molar-refractivity contribution in [1.29, 1.82) is 0 Å². The van der Waals surface area contributed by atoms with Gasteiger partial charge in [-0.15, -0.1) is 0 Å². The fourth-order valence-corrected chi connectivity index (χ4v) is 5.31. The van der Waals surface area contributed by atoms with Crippen LogP contribution in [0.5, 0.6) is 0 Å². The molecule has 3 aromatic carbocycles. The fraction of sp³-hybridized carbons (Fsp3) is 0.182. The van der Waals surface area contributed by atoms with Crippen LogP contribution in [0.4, 0.5) is 0 Å². The van der Waals surface area contributed by atoms with Crippen LogP contribution in [-0.4, -0.2) is 24.1 Å². The molecule has 0 amide bonds. The van der Waals surface area contributed by atoms with Gasteiger partial charge in [-0.2, -0.15) is 4.31 Å². The lowest BCUT2D eigenvalue weighted by Gasteiger charge is -2.40. The van der Waals surface area contributed by atoms with E-state index in [1.807, 2.05) is 61.5 Å². The van der Waals surface area contributed by atoms with Crippen LogP contribution in [0, 0.1) is 6.92 Å². The van der Waals surface area contributed by atoms with Crippen LogP contribution in [0.25, 0.3) is 0 Å². The molecule has 0 saturated heterocycles. The number of nitrogens with zero attached hydrogens (tertiary/aromatic N) is 1. The molecule has 0 aromatic heterocycles. The molecular weight excluding hydrogens is 358 g/mol. The Labute approximate surface area is 159 Å². The minimum Gasteiger partial charge on any atom is -0.377 e. The first-order valence-electron chi connectivity index (χ1n) is 8.89. The molecule has 1 unspecified atom stereocenters. The summed E-state index contributed by atoms with van der Waals surface area (Å²) in [6.45, 7) is 1.91. The molecule has 0 spiro atoms. The Morgan fingerprint density at radius 2 is 1.52 bits per heavy atom. The molecule has 2 atom stereocenters. The van der Waals surface area contributed by atoms with Gasteiger partial charge in [-0.25, -0.2) is 8.42 Å². The number of aryl methyl sites for hydroxylation is 1. The lowest BCUT2D eigenvalue weighted by Crippen LogP contribution is -2.47. The van der Waals surface area contributed by atoms with E-state index in [9.17, 15) is 13.5 Å². The summed E-state index contributed by atoms with van der Waals surface area (Å²) in [5.74, 6) is 0. The van der Waals surface area contributed by atoms with Crippen LogP contribution >= 0.6 is 0 Å². The third kappa shape index (κ3) is 3.18. The van der Waals surface area contributed by atoms with Crippen LogP contribution in [0.3, 0.4) is 0 Å². The molecule has 1 heterocycles. The van der Waals surface area contributed by atoms with Crippen LogP contribution in [0.2, 0.25) is 0 Å². The second-order valence-electron chi connectivity index (χ2n) is 6.84. The molecule has 1 N–H and O–H groups in total. The molecule has 138 valence electrons. The summed E-state index contributed by atoms with van der Waals surface area (Å²) < 4.78 is 28.2. The van der Waals surface area contributed by atoms with Crippen molar-refractivity contribution in [3.63, 3.8) is 0 Å².